The Hall–Kier alpha value is -1.88. The highest BCUT2D eigenvalue weighted by Gasteiger charge is 2.17. The van der Waals surface area contributed by atoms with Gasteiger partial charge >= 0.3 is 0 Å². The largest absolute Gasteiger partial charge is 0.357 e. The Balaban J connectivity index is 0.00000300. The van der Waals surface area contributed by atoms with Gasteiger partial charge in [0.2, 0.25) is 17.6 Å². The maximum absolute atomic E-state index is 12.1. The molecule has 29 heavy (non-hydrogen) atoms. The summed E-state index contributed by atoms with van der Waals surface area (Å²) >= 11 is 6.00. The molecule has 1 aromatic heterocycles. The van der Waals surface area contributed by atoms with Crippen LogP contribution in [0, 0.1) is 0 Å². The first-order chi connectivity index (χ1) is 13.7. The number of aromatic nitrogens is 2. The summed E-state index contributed by atoms with van der Waals surface area (Å²) in [4.78, 5) is 22.8. The van der Waals surface area contributed by atoms with Gasteiger partial charge in [0.05, 0.1) is 0 Å². The fourth-order valence-corrected chi connectivity index (χ4v) is 3.13. The number of aliphatic imine (C=N–C) groups is 1. The van der Waals surface area contributed by atoms with E-state index in [2.05, 4.69) is 25.8 Å². The van der Waals surface area contributed by atoms with Crippen molar-refractivity contribution in [3.8, 4) is 11.4 Å². The van der Waals surface area contributed by atoms with E-state index >= 15 is 0 Å². The fourth-order valence-electron chi connectivity index (χ4n) is 2.94. The summed E-state index contributed by atoms with van der Waals surface area (Å²) in [5, 5.41) is 11.0. The molecule has 10 heteroatoms. The first kappa shape index (κ1) is 23.4. The highest BCUT2D eigenvalue weighted by Crippen LogP contribution is 2.19. The summed E-state index contributed by atoms with van der Waals surface area (Å²) in [6, 6.07) is 7.32. The van der Waals surface area contributed by atoms with E-state index < -0.39 is 0 Å². The molecule has 1 saturated heterocycles. The average Bonchev–Trinajstić information content (AvgIpc) is 3.38. The molecule has 0 radical (unpaired) electrons. The minimum atomic E-state index is 0. The number of amides is 1. The molecule has 1 aliphatic heterocycles. The van der Waals surface area contributed by atoms with Crippen LogP contribution < -0.4 is 10.6 Å². The lowest BCUT2D eigenvalue weighted by Crippen LogP contribution is -2.39. The van der Waals surface area contributed by atoms with Crippen molar-refractivity contribution in [3.05, 3.63) is 35.2 Å². The number of hydrogen-bond acceptors (Lipinski definition) is 5. The van der Waals surface area contributed by atoms with Crippen molar-refractivity contribution in [1.29, 1.82) is 0 Å². The van der Waals surface area contributed by atoms with Crippen LogP contribution in [-0.2, 0) is 11.2 Å². The molecule has 3 rings (SSSR count). The third-order valence-electron chi connectivity index (χ3n) is 4.36. The summed E-state index contributed by atoms with van der Waals surface area (Å²) < 4.78 is 5.30. The molecule has 2 heterocycles. The van der Waals surface area contributed by atoms with Crippen molar-refractivity contribution < 1.29 is 9.32 Å². The highest BCUT2D eigenvalue weighted by atomic mass is 127. The van der Waals surface area contributed by atoms with E-state index in [0.29, 0.717) is 42.2 Å². The van der Waals surface area contributed by atoms with Crippen LogP contribution in [0.3, 0.4) is 0 Å². The molecule has 0 saturated carbocycles. The predicted molar refractivity (Wildman–Crippen MR) is 124 cm³/mol. The lowest BCUT2D eigenvalue weighted by Gasteiger charge is -2.15. The number of nitrogens with zero attached hydrogens (tertiary/aromatic N) is 4. The number of guanidine groups is 1. The Morgan fingerprint density at radius 2 is 2.10 bits per heavy atom. The molecular formula is C19H26ClIN6O2. The number of carbonyl (C=O) groups excluding carboxylic acids is 1. The van der Waals surface area contributed by atoms with Gasteiger partial charge in [-0.05, 0) is 31.9 Å². The van der Waals surface area contributed by atoms with Crippen LogP contribution in [-0.4, -0.2) is 59.6 Å². The van der Waals surface area contributed by atoms with Gasteiger partial charge < -0.3 is 20.1 Å². The van der Waals surface area contributed by atoms with E-state index in [0.717, 1.165) is 31.5 Å². The van der Waals surface area contributed by atoms with Crippen molar-refractivity contribution in [3.63, 3.8) is 0 Å². The monoisotopic (exact) mass is 532 g/mol. The molecule has 1 fully saturated rings. The molecule has 0 spiro atoms. The van der Waals surface area contributed by atoms with Crippen molar-refractivity contribution in [2.24, 2.45) is 4.99 Å². The zero-order valence-electron chi connectivity index (χ0n) is 16.4. The van der Waals surface area contributed by atoms with Gasteiger partial charge in [-0.2, -0.15) is 4.98 Å². The van der Waals surface area contributed by atoms with E-state index in [9.17, 15) is 4.79 Å². The Labute approximate surface area is 192 Å². The van der Waals surface area contributed by atoms with E-state index in [1.807, 2.05) is 24.0 Å². The average molecular weight is 533 g/mol. The van der Waals surface area contributed by atoms with Crippen LogP contribution >= 0.6 is 35.6 Å². The molecule has 0 unspecified atom stereocenters. The molecule has 1 aliphatic rings. The van der Waals surface area contributed by atoms with E-state index in [1.54, 1.807) is 12.1 Å². The third-order valence-corrected chi connectivity index (χ3v) is 4.59. The van der Waals surface area contributed by atoms with Gasteiger partial charge in [0.25, 0.3) is 0 Å². The Kier molecular flexibility index (Phi) is 9.65. The van der Waals surface area contributed by atoms with Crippen molar-refractivity contribution >= 4 is 47.4 Å². The van der Waals surface area contributed by atoms with Crippen LogP contribution in [0.4, 0.5) is 0 Å². The Morgan fingerprint density at radius 3 is 2.83 bits per heavy atom. The smallest absolute Gasteiger partial charge is 0.244 e. The van der Waals surface area contributed by atoms with Gasteiger partial charge in [-0.25, -0.2) is 4.99 Å². The Bertz CT molecular complexity index is 823. The minimum absolute atomic E-state index is 0. The summed E-state index contributed by atoms with van der Waals surface area (Å²) in [5.41, 5.74) is 0.811. The van der Waals surface area contributed by atoms with Crippen molar-refractivity contribution in [2.45, 2.75) is 26.2 Å². The number of halogens is 2. The van der Waals surface area contributed by atoms with E-state index in [1.165, 1.54) is 0 Å². The molecule has 0 bridgehead atoms. The second-order valence-electron chi connectivity index (χ2n) is 6.48. The molecule has 158 valence electrons. The standard InChI is InChI=1S/C19H25ClN6O2.HI/c1-2-21-19(23-13-17(27)26-10-3-4-11-26)22-9-8-16-24-18(25-28-16)14-6-5-7-15(20)12-14;/h5-7,12H,2-4,8-11,13H2,1H3,(H2,21,22,23);1H. The first-order valence-electron chi connectivity index (χ1n) is 9.54. The zero-order valence-corrected chi connectivity index (χ0v) is 19.4. The lowest BCUT2D eigenvalue weighted by molar-refractivity contribution is -0.128. The second-order valence-corrected chi connectivity index (χ2v) is 6.92. The summed E-state index contributed by atoms with van der Waals surface area (Å²) in [6.45, 7) is 5.07. The molecule has 2 aromatic rings. The number of benzene rings is 1. The van der Waals surface area contributed by atoms with Crippen LogP contribution in [0.25, 0.3) is 11.4 Å². The van der Waals surface area contributed by atoms with Crippen LogP contribution in [0.1, 0.15) is 25.7 Å². The molecule has 8 nitrogen and oxygen atoms in total. The van der Waals surface area contributed by atoms with E-state index in [4.69, 9.17) is 16.1 Å². The summed E-state index contributed by atoms with van der Waals surface area (Å²) in [6.07, 6.45) is 2.70. The quantitative estimate of drug-likeness (QED) is 0.323. The minimum Gasteiger partial charge on any atom is -0.357 e. The first-order valence-corrected chi connectivity index (χ1v) is 9.92. The molecule has 0 atom stereocenters. The molecule has 2 N–H and O–H groups in total. The number of hydrogen-bond donors (Lipinski definition) is 2. The van der Waals surface area contributed by atoms with Gasteiger partial charge in [0, 0.05) is 43.2 Å². The van der Waals surface area contributed by atoms with Gasteiger partial charge in [0.15, 0.2) is 5.96 Å². The highest BCUT2D eigenvalue weighted by molar-refractivity contribution is 14.0. The van der Waals surface area contributed by atoms with Crippen LogP contribution in [0.2, 0.25) is 5.02 Å². The van der Waals surface area contributed by atoms with Crippen molar-refractivity contribution in [1.82, 2.24) is 25.7 Å². The molecule has 1 aromatic carbocycles. The van der Waals surface area contributed by atoms with Gasteiger partial charge in [0.1, 0.15) is 6.54 Å². The number of likely N-dealkylation sites (tertiary alicyclic amines) is 1. The maximum atomic E-state index is 12.1. The van der Waals surface area contributed by atoms with Gasteiger partial charge in [-0.3, -0.25) is 4.79 Å². The third kappa shape index (κ3) is 7.14. The lowest BCUT2D eigenvalue weighted by atomic mass is 10.2. The molecule has 0 aliphatic carbocycles. The number of carbonyl (C=O) groups is 1. The topological polar surface area (TPSA) is 95.7 Å². The van der Waals surface area contributed by atoms with Gasteiger partial charge in [-0.1, -0.05) is 28.9 Å². The number of rotatable bonds is 7. The zero-order chi connectivity index (χ0) is 19.8. The maximum Gasteiger partial charge on any atom is 0.244 e. The Morgan fingerprint density at radius 1 is 1.31 bits per heavy atom. The van der Waals surface area contributed by atoms with Crippen LogP contribution in [0.5, 0.6) is 0 Å². The van der Waals surface area contributed by atoms with Crippen LogP contribution in [0.15, 0.2) is 33.8 Å². The van der Waals surface area contributed by atoms with Crippen molar-refractivity contribution in [2.75, 3.05) is 32.7 Å². The molecular weight excluding hydrogens is 507 g/mol. The SMILES string of the molecule is CCNC(=NCC(=O)N1CCCC1)NCCc1nc(-c2cccc(Cl)c2)no1.I. The van der Waals surface area contributed by atoms with Gasteiger partial charge in [-0.15, -0.1) is 24.0 Å². The normalized spacial score (nSPS) is 13.9. The fraction of sp³-hybridized carbons (Fsp3) is 0.474. The molecule has 1 amide bonds. The summed E-state index contributed by atoms with van der Waals surface area (Å²) in [7, 11) is 0. The predicted octanol–water partition coefficient (Wildman–Crippen LogP) is 2.73. The van der Waals surface area contributed by atoms with E-state index in [-0.39, 0.29) is 36.4 Å². The number of nitrogens with one attached hydrogen (secondary N) is 2. The summed E-state index contributed by atoms with van der Waals surface area (Å²) in [5.74, 6) is 1.70. The second kappa shape index (κ2) is 12.0.